The molecule has 0 spiro atoms. The summed E-state index contributed by atoms with van der Waals surface area (Å²) in [5.41, 5.74) is 0.761. The summed E-state index contributed by atoms with van der Waals surface area (Å²) in [5.74, 6) is 0.316. The number of amides is 1. The zero-order valence-corrected chi connectivity index (χ0v) is 15.2. The van der Waals surface area contributed by atoms with E-state index in [1.54, 1.807) is 39.0 Å². The maximum Gasteiger partial charge on any atom is 0.240 e. The Balaban J connectivity index is 2.10. The Bertz CT molecular complexity index is 842. The molecule has 1 amide bonds. The lowest BCUT2D eigenvalue weighted by Crippen LogP contribution is -2.41. The Morgan fingerprint density at radius 1 is 1.32 bits per heavy atom. The van der Waals surface area contributed by atoms with Gasteiger partial charge in [-0.2, -0.15) is 4.31 Å². The van der Waals surface area contributed by atoms with Crippen LogP contribution in [0.25, 0.3) is 6.08 Å². The predicted octanol–water partition coefficient (Wildman–Crippen LogP) is 2.63. The molecular formula is C17H21N3O4S. The Morgan fingerprint density at radius 3 is 2.56 bits per heavy atom. The maximum absolute atomic E-state index is 12.6. The van der Waals surface area contributed by atoms with Crippen LogP contribution in [0.5, 0.6) is 0 Å². The molecule has 1 aromatic carbocycles. The molecule has 0 atom stereocenters. The Morgan fingerprint density at radius 2 is 2.00 bits per heavy atom. The standard InChI is InChI=1S/C17H21N3O4S/c1-13(2)20(12-17(21)18-16-11-14(3)24-19-16)25(22,23)10-9-15-7-5-4-6-8-15/h4-11,13H,12H2,1-3H3,(H,18,19,21). The van der Waals surface area contributed by atoms with E-state index < -0.39 is 15.9 Å². The predicted molar refractivity (Wildman–Crippen MR) is 96.1 cm³/mol. The van der Waals surface area contributed by atoms with Crippen molar-refractivity contribution in [3.8, 4) is 0 Å². The molecular weight excluding hydrogens is 342 g/mol. The second-order valence-electron chi connectivity index (χ2n) is 5.77. The van der Waals surface area contributed by atoms with E-state index in [2.05, 4.69) is 10.5 Å². The second kappa shape index (κ2) is 8.09. The van der Waals surface area contributed by atoms with Crippen LogP contribution in [0.15, 0.2) is 46.3 Å². The molecule has 1 aromatic heterocycles. The molecule has 0 saturated carbocycles. The lowest BCUT2D eigenvalue weighted by atomic mass is 10.2. The number of hydrogen-bond acceptors (Lipinski definition) is 5. The van der Waals surface area contributed by atoms with Crippen LogP contribution < -0.4 is 5.32 Å². The van der Waals surface area contributed by atoms with Gasteiger partial charge in [-0.05, 0) is 32.4 Å². The molecule has 0 fully saturated rings. The third kappa shape index (κ3) is 5.54. The number of sulfonamides is 1. The van der Waals surface area contributed by atoms with Crippen LogP contribution in [-0.4, -0.2) is 36.4 Å². The van der Waals surface area contributed by atoms with E-state index in [9.17, 15) is 13.2 Å². The van der Waals surface area contributed by atoms with Crippen LogP contribution in [0, 0.1) is 6.92 Å². The van der Waals surface area contributed by atoms with Crippen LogP contribution in [0.1, 0.15) is 25.2 Å². The number of carbonyl (C=O) groups is 1. The molecule has 0 aliphatic carbocycles. The first kappa shape index (κ1) is 18.9. The topological polar surface area (TPSA) is 92.5 Å². The summed E-state index contributed by atoms with van der Waals surface area (Å²) in [4.78, 5) is 12.1. The Hall–Kier alpha value is -2.45. The lowest BCUT2D eigenvalue weighted by Gasteiger charge is -2.23. The number of nitrogens with zero attached hydrogens (tertiary/aromatic N) is 2. The van der Waals surface area contributed by atoms with Gasteiger partial charge >= 0.3 is 0 Å². The van der Waals surface area contributed by atoms with Gasteiger partial charge in [0, 0.05) is 17.5 Å². The van der Waals surface area contributed by atoms with Gasteiger partial charge in [0.05, 0.1) is 6.54 Å². The third-order valence-electron chi connectivity index (χ3n) is 3.33. The minimum Gasteiger partial charge on any atom is -0.360 e. The highest BCUT2D eigenvalue weighted by atomic mass is 32.2. The van der Waals surface area contributed by atoms with E-state index in [1.165, 1.54) is 6.08 Å². The molecule has 1 heterocycles. The zero-order valence-electron chi connectivity index (χ0n) is 14.3. The van der Waals surface area contributed by atoms with Crippen molar-refractivity contribution in [2.75, 3.05) is 11.9 Å². The molecule has 2 rings (SSSR count). The average Bonchev–Trinajstić information content (AvgIpc) is 2.96. The molecule has 0 aliphatic heterocycles. The van der Waals surface area contributed by atoms with Gasteiger partial charge in [-0.15, -0.1) is 0 Å². The molecule has 1 N–H and O–H groups in total. The lowest BCUT2D eigenvalue weighted by molar-refractivity contribution is -0.116. The van der Waals surface area contributed by atoms with E-state index in [1.807, 2.05) is 18.2 Å². The van der Waals surface area contributed by atoms with Crippen molar-refractivity contribution >= 4 is 27.8 Å². The Labute approximate surface area is 147 Å². The number of nitrogens with one attached hydrogen (secondary N) is 1. The van der Waals surface area contributed by atoms with Crippen LogP contribution in [0.2, 0.25) is 0 Å². The molecule has 8 heteroatoms. The summed E-state index contributed by atoms with van der Waals surface area (Å²) in [5, 5.41) is 7.28. The van der Waals surface area contributed by atoms with Crippen molar-refractivity contribution in [1.82, 2.24) is 9.46 Å². The van der Waals surface area contributed by atoms with Crippen molar-refractivity contribution in [2.24, 2.45) is 0 Å². The fraction of sp³-hybridized carbons (Fsp3) is 0.294. The molecule has 0 unspecified atom stereocenters. The Kier molecular flexibility index (Phi) is 6.11. The quantitative estimate of drug-likeness (QED) is 0.816. The van der Waals surface area contributed by atoms with Crippen LogP contribution in [0.4, 0.5) is 5.82 Å². The number of anilines is 1. The van der Waals surface area contributed by atoms with E-state index in [0.717, 1.165) is 15.3 Å². The molecule has 134 valence electrons. The average molecular weight is 363 g/mol. The first-order chi connectivity index (χ1) is 11.8. The van der Waals surface area contributed by atoms with E-state index >= 15 is 0 Å². The van der Waals surface area contributed by atoms with Gasteiger partial charge in [-0.25, -0.2) is 8.42 Å². The van der Waals surface area contributed by atoms with Gasteiger partial charge in [0.15, 0.2) is 5.82 Å². The maximum atomic E-state index is 12.6. The number of hydrogen-bond donors (Lipinski definition) is 1. The van der Waals surface area contributed by atoms with E-state index in [0.29, 0.717) is 5.76 Å². The minimum absolute atomic E-state index is 0.253. The highest BCUT2D eigenvalue weighted by Crippen LogP contribution is 2.13. The normalized spacial score (nSPS) is 12.2. The van der Waals surface area contributed by atoms with Crippen LogP contribution in [-0.2, 0) is 14.8 Å². The van der Waals surface area contributed by atoms with Gasteiger partial charge in [0.25, 0.3) is 0 Å². The summed E-state index contributed by atoms with van der Waals surface area (Å²) in [6.07, 6.45) is 1.50. The summed E-state index contributed by atoms with van der Waals surface area (Å²) in [6.45, 7) is 4.80. The van der Waals surface area contributed by atoms with Crippen LogP contribution >= 0.6 is 0 Å². The fourth-order valence-electron chi connectivity index (χ4n) is 2.12. The van der Waals surface area contributed by atoms with Crippen molar-refractivity contribution in [3.05, 3.63) is 53.1 Å². The van der Waals surface area contributed by atoms with Crippen LogP contribution in [0.3, 0.4) is 0 Å². The van der Waals surface area contributed by atoms with Gasteiger partial charge in [-0.1, -0.05) is 35.5 Å². The van der Waals surface area contributed by atoms with Crippen molar-refractivity contribution in [2.45, 2.75) is 26.8 Å². The third-order valence-corrected chi connectivity index (χ3v) is 5.01. The van der Waals surface area contributed by atoms with E-state index in [4.69, 9.17) is 4.52 Å². The SMILES string of the molecule is Cc1cc(NC(=O)CN(C(C)C)S(=O)(=O)C=Cc2ccccc2)no1. The molecule has 0 bridgehead atoms. The molecule has 25 heavy (non-hydrogen) atoms. The van der Waals surface area contributed by atoms with Gasteiger partial charge in [0.1, 0.15) is 5.76 Å². The number of rotatable bonds is 7. The van der Waals surface area contributed by atoms with Crippen molar-refractivity contribution < 1.29 is 17.7 Å². The zero-order chi connectivity index (χ0) is 18.4. The number of aromatic nitrogens is 1. The monoisotopic (exact) mass is 363 g/mol. The molecule has 0 radical (unpaired) electrons. The van der Waals surface area contributed by atoms with Gasteiger partial charge < -0.3 is 9.84 Å². The molecule has 7 nitrogen and oxygen atoms in total. The number of benzene rings is 1. The second-order valence-corrected chi connectivity index (χ2v) is 7.54. The highest BCUT2D eigenvalue weighted by molar-refractivity contribution is 7.92. The molecule has 0 aliphatic rings. The molecule has 2 aromatic rings. The largest absolute Gasteiger partial charge is 0.360 e. The minimum atomic E-state index is -3.75. The summed E-state index contributed by atoms with van der Waals surface area (Å²) in [6, 6.07) is 10.3. The summed E-state index contributed by atoms with van der Waals surface area (Å²) >= 11 is 0. The number of carbonyl (C=O) groups excluding carboxylic acids is 1. The van der Waals surface area contributed by atoms with Gasteiger partial charge in [-0.3, -0.25) is 4.79 Å². The fourth-order valence-corrected chi connectivity index (χ4v) is 3.49. The first-order valence-electron chi connectivity index (χ1n) is 7.76. The number of aryl methyl sites for hydroxylation is 1. The first-order valence-corrected chi connectivity index (χ1v) is 9.26. The summed E-state index contributed by atoms with van der Waals surface area (Å²) < 4.78 is 31.1. The van der Waals surface area contributed by atoms with Crippen molar-refractivity contribution in [1.29, 1.82) is 0 Å². The molecule has 0 saturated heterocycles. The highest BCUT2D eigenvalue weighted by Gasteiger charge is 2.25. The van der Waals surface area contributed by atoms with Crippen molar-refractivity contribution in [3.63, 3.8) is 0 Å². The smallest absolute Gasteiger partial charge is 0.240 e. The summed E-state index contributed by atoms with van der Waals surface area (Å²) in [7, 11) is -3.75. The van der Waals surface area contributed by atoms with E-state index in [-0.39, 0.29) is 18.4 Å². The van der Waals surface area contributed by atoms with Gasteiger partial charge in [0.2, 0.25) is 15.9 Å².